The maximum Gasteiger partial charge on any atom is 0.340 e. The molecule has 1 N–H and O–H groups in total. The fourth-order valence-electron chi connectivity index (χ4n) is 1.94. The van der Waals surface area contributed by atoms with Gasteiger partial charge in [-0.05, 0) is 40.8 Å². The summed E-state index contributed by atoms with van der Waals surface area (Å²) in [5.74, 6) is -4.25. The van der Waals surface area contributed by atoms with Crippen LogP contribution in [0.3, 0.4) is 0 Å². The second kappa shape index (κ2) is 7.43. The van der Waals surface area contributed by atoms with Crippen molar-refractivity contribution >= 4 is 57.6 Å². The van der Waals surface area contributed by atoms with Gasteiger partial charge in [-0.1, -0.05) is 24.3 Å². The van der Waals surface area contributed by atoms with E-state index in [0.717, 1.165) is 25.3 Å². The average Bonchev–Trinajstić information content (AvgIpc) is 2.56. The van der Waals surface area contributed by atoms with Crippen LogP contribution in [0.15, 0.2) is 24.8 Å². The molecule has 0 aliphatic carbocycles. The third-order valence-corrected chi connectivity index (χ3v) is 4.65. The summed E-state index contributed by atoms with van der Waals surface area (Å²) < 4.78 is 47.4. The summed E-state index contributed by atoms with van der Waals surface area (Å²) in [6, 6.07) is 3.39. The number of hydrogen-bond acceptors (Lipinski definition) is 3. The summed E-state index contributed by atoms with van der Waals surface area (Å²) in [6.45, 7) is 3.35. The van der Waals surface area contributed by atoms with Crippen molar-refractivity contribution in [2.45, 2.75) is 0 Å². The van der Waals surface area contributed by atoms with E-state index in [1.807, 2.05) is 22.6 Å². The predicted molar refractivity (Wildman–Crippen MR) is 95.2 cm³/mol. The lowest BCUT2D eigenvalue weighted by molar-refractivity contribution is 0.0601. The first-order valence-corrected chi connectivity index (χ1v) is 7.90. The first kappa shape index (κ1) is 18.6. The molecule has 24 heavy (non-hydrogen) atoms. The van der Waals surface area contributed by atoms with Crippen molar-refractivity contribution in [2.24, 2.45) is 0 Å². The number of carbonyl (C=O) groups is 1. The van der Waals surface area contributed by atoms with Crippen LogP contribution in [-0.4, -0.2) is 13.1 Å². The van der Waals surface area contributed by atoms with E-state index in [0.29, 0.717) is 3.57 Å². The number of halogens is 5. The molecule has 0 heterocycles. The van der Waals surface area contributed by atoms with Gasteiger partial charge in [0.2, 0.25) is 0 Å². The highest BCUT2D eigenvalue weighted by Crippen LogP contribution is 2.33. The Morgan fingerprint density at radius 2 is 1.96 bits per heavy atom. The van der Waals surface area contributed by atoms with Crippen LogP contribution in [0.2, 0.25) is 5.02 Å². The number of carbonyl (C=O) groups excluding carboxylic acids is 1. The Hall–Kier alpha value is -1.74. The molecule has 0 unspecified atom stereocenters. The molecule has 0 amide bonds. The smallest absolute Gasteiger partial charge is 0.340 e. The summed E-state index contributed by atoms with van der Waals surface area (Å²) >= 11 is 7.74. The second-order valence-electron chi connectivity index (χ2n) is 4.58. The van der Waals surface area contributed by atoms with Crippen molar-refractivity contribution in [1.29, 1.82) is 0 Å². The molecule has 0 saturated heterocycles. The zero-order chi connectivity index (χ0) is 18.0. The molecule has 0 bridgehead atoms. The minimum Gasteiger partial charge on any atom is -0.465 e. The Bertz CT molecular complexity index is 843. The molecule has 0 aliphatic heterocycles. The SMILES string of the molecule is C=Cc1cc(C(=O)OC)c(Nc2cc(Cl)c(I)cc2F)c(F)c1F. The molecule has 8 heteroatoms. The highest BCUT2D eigenvalue weighted by Gasteiger charge is 2.23. The number of hydrogen-bond donors (Lipinski definition) is 1. The van der Waals surface area contributed by atoms with E-state index in [9.17, 15) is 18.0 Å². The van der Waals surface area contributed by atoms with Crippen LogP contribution in [-0.2, 0) is 4.74 Å². The van der Waals surface area contributed by atoms with E-state index in [1.54, 1.807) is 0 Å². The first-order chi connectivity index (χ1) is 11.3. The Morgan fingerprint density at radius 3 is 2.54 bits per heavy atom. The van der Waals surface area contributed by atoms with Crippen LogP contribution in [0.4, 0.5) is 24.5 Å². The highest BCUT2D eigenvalue weighted by molar-refractivity contribution is 14.1. The molecule has 0 aliphatic rings. The van der Waals surface area contributed by atoms with Crippen molar-refractivity contribution in [3.63, 3.8) is 0 Å². The zero-order valence-electron chi connectivity index (χ0n) is 12.2. The van der Waals surface area contributed by atoms with Crippen molar-refractivity contribution in [1.82, 2.24) is 0 Å². The summed E-state index contributed by atoms with van der Waals surface area (Å²) in [7, 11) is 1.09. The Balaban J connectivity index is 2.65. The fraction of sp³-hybridized carbons (Fsp3) is 0.0625. The summed E-state index contributed by atoms with van der Waals surface area (Å²) in [5.41, 5.74) is -1.30. The van der Waals surface area contributed by atoms with Crippen LogP contribution in [0.1, 0.15) is 15.9 Å². The van der Waals surface area contributed by atoms with Crippen molar-refractivity contribution in [3.8, 4) is 0 Å². The summed E-state index contributed by atoms with van der Waals surface area (Å²) in [4.78, 5) is 11.9. The van der Waals surface area contributed by atoms with Crippen molar-refractivity contribution in [3.05, 3.63) is 61.9 Å². The molecule has 0 radical (unpaired) electrons. The van der Waals surface area contributed by atoms with E-state index in [2.05, 4.69) is 16.6 Å². The predicted octanol–water partition coefficient (Wildman–Crippen LogP) is 5.54. The van der Waals surface area contributed by atoms with Gasteiger partial charge in [0, 0.05) is 9.13 Å². The highest BCUT2D eigenvalue weighted by atomic mass is 127. The normalized spacial score (nSPS) is 10.4. The number of rotatable bonds is 4. The van der Waals surface area contributed by atoms with Gasteiger partial charge in [-0.2, -0.15) is 0 Å². The number of esters is 1. The van der Waals surface area contributed by atoms with Gasteiger partial charge in [-0.15, -0.1) is 0 Å². The van der Waals surface area contributed by atoms with Gasteiger partial charge in [0.25, 0.3) is 0 Å². The molecular weight excluding hydrogens is 458 g/mol. The maximum absolute atomic E-state index is 14.4. The van der Waals surface area contributed by atoms with Crippen LogP contribution >= 0.6 is 34.2 Å². The van der Waals surface area contributed by atoms with Crippen molar-refractivity contribution < 1.29 is 22.7 Å². The largest absolute Gasteiger partial charge is 0.465 e. The summed E-state index contributed by atoms with van der Waals surface area (Å²) in [6.07, 6.45) is 1.05. The first-order valence-electron chi connectivity index (χ1n) is 6.44. The Kier molecular flexibility index (Phi) is 5.76. The molecule has 2 rings (SSSR count). The molecule has 0 atom stereocenters. The standard InChI is InChI=1S/C16H10ClF3INO2/c1-3-7-4-8(16(23)24-2)15(14(20)13(7)19)22-12-5-9(17)11(21)6-10(12)18/h3-6,22H,1H2,2H3. The third kappa shape index (κ3) is 3.51. The van der Waals surface area contributed by atoms with E-state index in [4.69, 9.17) is 11.6 Å². The minimum atomic E-state index is -1.36. The van der Waals surface area contributed by atoms with Crippen LogP contribution in [0.5, 0.6) is 0 Å². The average molecular weight is 468 g/mol. The Labute approximate surface area is 154 Å². The number of benzene rings is 2. The maximum atomic E-state index is 14.4. The quantitative estimate of drug-likeness (QED) is 0.365. The second-order valence-corrected chi connectivity index (χ2v) is 6.15. The fourth-order valence-corrected chi connectivity index (χ4v) is 2.53. The van der Waals surface area contributed by atoms with E-state index in [1.165, 1.54) is 6.07 Å². The molecule has 2 aromatic carbocycles. The van der Waals surface area contributed by atoms with Gasteiger partial charge in [0.1, 0.15) is 5.82 Å². The molecule has 0 spiro atoms. The van der Waals surface area contributed by atoms with Crippen LogP contribution in [0, 0.1) is 21.0 Å². The molecule has 0 aromatic heterocycles. The van der Waals surface area contributed by atoms with Crippen LogP contribution in [0.25, 0.3) is 6.08 Å². The van der Waals surface area contributed by atoms with E-state index in [-0.39, 0.29) is 21.8 Å². The van der Waals surface area contributed by atoms with Gasteiger partial charge in [0.05, 0.1) is 29.1 Å². The van der Waals surface area contributed by atoms with E-state index < -0.39 is 29.1 Å². The Morgan fingerprint density at radius 1 is 1.29 bits per heavy atom. The molecule has 126 valence electrons. The van der Waals surface area contributed by atoms with Gasteiger partial charge in [0.15, 0.2) is 11.6 Å². The number of ether oxygens (including phenoxy) is 1. The van der Waals surface area contributed by atoms with Gasteiger partial charge >= 0.3 is 5.97 Å². The molecule has 3 nitrogen and oxygen atoms in total. The zero-order valence-corrected chi connectivity index (χ0v) is 15.1. The topological polar surface area (TPSA) is 38.3 Å². The monoisotopic (exact) mass is 467 g/mol. The molecule has 0 fully saturated rings. The molecule has 2 aromatic rings. The third-order valence-electron chi connectivity index (χ3n) is 3.13. The molecule has 0 saturated carbocycles. The lowest BCUT2D eigenvalue weighted by atomic mass is 10.1. The molecular formula is C16H10ClF3INO2. The number of anilines is 2. The minimum absolute atomic E-state index is 0.211. The van der Waals surface area contributed by atoms with Gasteiger partial charge < -0.3 is 10.1 Å². The van der Waals surface area contributed by atoms with Gasteiger partial charge in [-0.3, -0.25) is 0 Å². The lowest BCUT2D eigenvalue weighted by Gasteiger charge is -2.15. The van der Waals surface area contributed by atoms with Crippen LogP contribution < -0.4 is 5.32 Å². The van der Waals surface area contributed by atoms with E-state index >= 15 is 0 Å². The lowest BCUT2D eigenvalue weighted by Crippen LogP contribution is -2.11. The van der Waals surface area contributed by atoms with Crippen molar-refractivity contribution in [2.75, 3.05) is 12.4 Å². The van der Waals surface area contributed by atoms with Gasteiger partial charge in [-0.25, -0.2) is 18.0 Å². The number of nitrogens with one attached hydrogen (secondary N) is 1. The summed E-state index contributed by atoms with van der Waals surface area (Å²) in [5, 5.41) is 2.58. The number of methoxy groups -OCH3 is 1.